The van der Waals surface area contributed by atoms with E-state index in [1.165, 1.54) is 0 Å². The lowest BCUT2D eigenvalue weighted by Gasteiger charge is -2.23. The third-order valence-corrected chi connectivity index (χ3v) is 4.38. The number of nitriles is 2. The summed E-state index contributed by atoms with van der Waals surface area (Å²) in [7, 11) is 0. The van der Waals surface area contributed by atoms with E-state index in [4.69, 9.17) is 10.5 Å². The lowest BCUT2D eigenvalue weighted by Crippen LogP contribution is -2.45. The molecule has 0 radical (unpaired) electrons. The summed E-state index contributed by atoms with van der Waals surface area (Å²) in [6, 6.07) is 7.20. The standard InChI is InChI=1S/C16H18N6O.ClH/c17-8-11-3-1-5-19-15(11)21-12-7-14(20-10-12)16(23)22-6-2-4-13(22)9-18;/h1,3,5,12-14,20H,2,4,6-7,10H2,(H,19,21);1H/t12-,13-,14-;/m0./s1. The lowest BCUT2D eigenvalue weighted by molar-refractivity contribution is -0.133. The van der Waals surface area contributed by atoms with E-state index in [1.54, 1.807) is 23.2 Å². The van der Waals surface area contributed by atoms with Gasteiger partial charge in [-0.2, -0.15) is 10.5 Å². The van der Waals surface area contributed by atoms with Crippen LogP contribution in [0.15, 0.2) is 18.3 Å². The molecule has 3 heterocycles. The van der Waals surface area contributed by atoms with Crippen LogP contribution in [-0.4, -0.2) is 47.0 Å². The Balaban J connectivity index is 0.00000208. The highest BCUT2D eigenvalue weighted by Gasteiger charge is 2.37. The van der Waals surface area contributed by atoms with Gasteiger partial charge in [0.15, 0.2) is 0 Å². The van der Waals surface area contributed by atoms with Crippen LogP contribution in [0.2, 0.25) is 0 Å². The number of halogens is 1. The molecule has 1 aromatic rings. The minimum atomic E-state index is -0.294. The molecule has 2 N–H and O–H groups in total. The topological polar surface area (TPSA) is 105 Å². The van der Waals surface area contributed by atoms with Gasteiger partial charge in [-0.15, -0.1) is 12.4 Å². The number of carbonyl (C=O) groups excluding carboxylic acids is 1. The van der Waals surface area contributed by atoms with Crippen LogP contribution in [-0.2, 0) is 4.79 Å². The zero-order valence-electron chi connectivity index (χ0n) is 13.1. The number of amides is 1. The Morgan fingerprint density at radius 1 is 1.46 bits per heavy atom. The first-order valence-corrected chi connectivity index (χ1v) is 7.78. The van der Waals surface area contributed by atoms with Crippen LogP contribution in [0.5, 0.6) is 0 Å². The maximum atomic E-state index is 12.6. The van der Waals surface area contributed by atoms with Gasteiger partial charge in [0, 0.05) is 25.3 Å². The first-order valence-electron chi connectivity index (χ1n) is 7.78. The number of nitrogens with zero attached hydrogens (tertiary/aromatic N) is 4. The zero-order chi connectivity index (χ0) is 16.2. The van der Waals surface area contributed by atoms with Crippen molar-refractivity contribution >= 4 is 24.1 Å². The summed E-state index contributed by atoms with van der Waals surface area (Å²) < 4.78 is 0. The Morgan fingerprint density at radius 2 is 2.29 bits per heavy atom. The maximum Gasteiger partial charge on any atom is 0.240 e. The predicted molar refractivity (Wildman–Crippen MR) is 90.4 cm³/mol. The number of anilines is 1. The molecular weight excluding hydrogens is 328 g/mol. The largest absolute Gasteiger partial charge is 0.365 e. The predicted octanol–water partition coefficient (Wildman–Crippen LogP) is 1.03. The van der Waals surface area contributed by atoms with E-state index in [0.717, 1.165) is 12.8 Å². The fourth-order valence-corrected chi connectivity index (χ4v) is 3.20. The van der Waals surface area contributed by atoms with Gasteiger partial charge in [0.05, 0.1) is 17.7 Å². The maximum absolute atomic E-state index is 12.6. The Hall–Kier alpha value is -2.35. The number of pyridine rings is 1. The smallest absolute Gasteiger partial charge is 0.240 e. The summed E-state index contributed by atoms with van der Waals surface area (Å²) in [5.41, 5.74) is 0.492. The SMILES string of the molecule is Cl.N#Cc1cccnc1N[C@@H]1CN[C@H](C(=O)N2CCC[C@H]2C#N)C1. The van der Waals surface area contributed by atoms with Crippen LogP contribution in [0.1, 0.15) is 24.8 Å². The number of hydrogen-bond donors (Lipinski definition) is 2. The molecule has 2 aliphatic rings. The molecule has 0 unspecified atom stereocenters. The first-order chi connectivity index (χ1) is 11.2. The number of likely N-dealkylation sites (tertiary alicyclic amines) is 1. The van der Waals surface area contributed by atoms with Crippen LogP contribution < -0.4 is 10.6 Å². The Labute approximate surface area is 147 Å². The molecule has 8 heteroatoms. The van der Waals surface area contributed by atoms with Gasteiger partial charge in [-0.05, 0) is 31.4 Å². The van der Waals surface area contributed by atoms with Gasteiger partial charge in [0.2, 0.25) is 5.91 Å². The highest BCUT2D eigenvalue weighted by Crippen LogP contribution is 2.21. The molecule has 0 bridgehead atoms. The molecule has 3 rings (SSSR count). The molecule has 0 saturated carbocycles. The molecule has 7 nitrogen and oxygen atoms in total. The summed E-state index contributed by atoms with van der Waals surface area (Å²) in [6.45, 7) is 1.29. The molecule has 0 aliphatic carbocycles. The van der Waals surface area contributed by atoms with Crippen molar-refractivity contribution in [1.29, 1.82) is 10.5 Å². The van der Waals surface area contributed by atoms with Gasteiger partial charge in [-0.1, -0.05) is 0 Å². The fourth-order valence-electron chi connectivity index (χ4n) is 3.20. The van der Waals surface area contributed by atoms with Gasteiger partial charge < -0.3 is 15.5 Å². The highest BCUT2D eigenvalue weighted by atomic mass is 35.5. The molecule has 2 saturated heterocycles. The van der Waals surface area contributed by atoms with E-state index in [9.17, 15) is 4.79 Å². The molecule has 1 amide bonds. The minimum Gasteiger partial charge on any atom is -0.365 e. The Morgan fingerprint density at radius 3 is 3.04 bits per heavy atom. The molecule has 126 valence electrons. The summed E-state index contributed by atoms with van der Waals surface area (Å²) in [5.74, 6) is 0.547. The van der Waals surface area contributed by atoms with E-state index in [0.29, 0.717) is 30.9 Å². The lowest BCUT2D eigenvalue weighted by atomic mass is 10.1. The third-order valence-electron chi connectivity index (χ3n) is 4.38. The van der Waals surface area contributed by atoms with E-state index in [-0.39, 0.29) is 36.4 Å². The first kappa shape index (κ1) is 18.0. The van der Waals surface area contributed by atoms with Crippen molar-refractivity contribution in [3.63, 3.8) is 0 Å². The Bertz CT molecular complexity index is 682. The molecular formula is C16H19ClN6O. The molecule has 2 fully saturated rings. The van der Waals surface area contributed by atoms with Crippen molar-refractivity contribution in [3.05, 3.63) is 23.9 Å². The molecule has 2 aliphatic heterocycles. The minimum absolute atomic E-state index is 0. The number of aromatic nitrogens is 1. The molecule has 0 spiro atoms. The van der Waals surface area contributed by atoms with E-state index < -0.39 is 0 Å². The summed E-state index contributed by atoms with van der Waals surface area (Å²) >= 11 is 0. The van der Waals surface area contributed by atoms with E-state index >= 15 is 0 Å². The van der Waals surface area contributed by atoms with Gasteiger partial charge in [0.25, 0.3) is 0 Å². The van der Waals surface area contributed by atoms with Crippen LogP contribution >= 0.6 is 12.4 Å². The van der Waals surface area contributed by atoms with Crippen molar-refractivity contribution in [2.45, 2.75) is 37.4 Å². The summed E-state index contributed by atoms with van der Waals surface area (Å²) in [6.07, 6.45) is 3.90. The highest BCUT2D eigenvalue weighted by molar-refractivity contribution is 5.85. The van der Waals surface area contributed by atoms with Crippen molar-refractivity contribution in [3.8, 4) is 12.1 Å². The van der Waals surface area contributed by atoms with Gasteiger partial charge in [-0.25, -0.2) is 4.98 Å². The fraction of sp³-hybridized carbons (Fsp3) is 0.500. The van der Waals surface area contributed by atoms with E-state index in [2.05, 4.69) is 27.8 Å². The number of carbonyl (C=O) groups is 1. The third kappa shape index (κ3) is 3.59. The quantitative estimate of drug-likeness (QED) is 0.847. The van der Waals surface area contributed by atoms with E-state index in [1.807, 2.05) is 0 Å². The van der Waals surface area contributed by atoms with Crippen LogP contribution in [0.4, 0.5) is 5.82 Å². The van der Waals surface area contributed by atoms with Crippen LogP contribution in [0.3, 0.4) is 0 Å². The second-order valence-electron chi connectivity index (χ2n) is 5.87. The van der Waals surface area contributed by atoms with Crippen LogP contribution in [0, 0.1) is 22.7 Å². The molecule has 3 atom stereocenters. The van der Waals surface area contributed by atoms with Gasteiger partial charge >= 0.3 is 0 Å². The summed E-state index contributed by atoms with van der Waals surface area (Å²) in [5, 5.41) is 24.7. The second-order valence-corrected chi connectivity index (χ2v) is 5.87. The van der Waals surface area contributed by atoms with Gasteiger partial charge in [0.1, 0.15) is 17.9 Å². The van der Waals surface area contributed by atoms with Crippen molar-refractivity contribution in [2.75, 3.05) is 18.4 Å². The van der Waals surface area contributed by atoms with Crippen molar-refractivity contribution in [2.24, 2.45) is 0 Å². The monoisotopic (exact) mass is 346 g/mol. The molecule has 1 aromatic heterocycles. The van der Waals surface area contributed by atoms with Gasteiger partial charge in [-0.3, -0.25) is 4.79 Å². The normalized spacial score (nSPS) is 25.4. The average Bonchev–Trinajstić information content (AvgIpc) is 3.23. The zero-order valence-corrected chi connectivity index (χ0v) is 13.9. The second kappa shape index (κ2) is 7.96. The van der Waals surface area contributed by atoms with Crippen molar-refractivity contribution in [1.82, 2.24) is 15.2 Å². The summed E-state index contributed by atoms with van der Waals surface area (Å²) in [4.78, 5) is 18.4. The van der Waals surface area contributed by atoms with Crippen molar-refractivity contribution < 1.29 is 4.79 Å². The number of nitrogens with one attached hydrogen (secondary N) is 2. The Kier molecular flexibility index (Phi) is 5.97. The molecule has 24 heavy (non-hydrogen) atoms. The number of hydrogen-bond acceptors (Lipinski definition) is 6. The van der Waals surface area contributed by atoms with Crippen LogP contribution in [0.25, 0.3) is 0 Å². The molecule has 0 aromatic carbocycles. The number of rotatable bonds is 3. The average molecular weight is 347 g/mol.